The summed E-state index contributed by atoms with van der Waals surface area (Å²) in [6.45, 7) is -1.83. The van der Waals surface area contributed by atoms with Gasteiger partial charge in [-0.2, -0.15) is 0 Å². The van der Waals surface area contributed by atoms with E-state index in [1.807, 2.05) is 60.7 Å². The minimum Gasteiger partial charge on any atom is -0.467 e. The second-order valence-electron chi connectivity index (χ2n) is 22.3. The lowest BCUT2D eigenvalue weighted by atomic mass is 9.94. The average molecular weight is 1400 g/mol. The van der Waals surface area contributed by atoms with Gasteiger partial charge >= 0.3 is 23.9 Å². The molecule has 3 aliphatic rings. The van der Waals surface area contributed by atoms with E-state index in [9.17, 15) is 30.2 Å². The largest absolute Gasteiger partial charge is 0.467 e. The molecule has 6 unspecified atom stereocenters. The van der Waals surface area contributed by atoms with E-state index in [0.29, 0.717) is 16.7 Å². The maximum atomic E-state index is 15.0. The molecule has 1 N–H and O–H groups in total. The number of hydrogen-bond acceptors (Lipinski definition) is 21. The highest BCUT2D eigenvalue weighted by Gasteiger charge is 2.59. The predicted molar refractivity (Wildman–Crippen MR) is 352 cm³/mol. The second-order valence-corrected chi connectivity index (χ2v) is 24.6. The van der Waals surface area contributed by atoms with Crippen LogP contribution in [0.4, 0.5) is 0 Å². The van der Waals surface area contributed by atoms with Crippen molar-refractivity contribution in [2.24, 2.45) is 10.2 Å². The summed E-state index contributed by atoms with van der Waals surface area (Å²) >= 11 is 18.4. The smallest absolute Gasteiger partial charge is 0.338 e. The van der Waals surface area contributed by atoms with Crippen LogP contribution in [0.1, 0.15) is 53.3 Å². The zero-order chi connectivity index (χ0) is 68.8. The van der Waals surface area contributed by atoms with E-state index in [-0.39, 0.29) is 43.1 Å². The number of rotatable bonds is 28. The van der Waals surface area contributed by atoms with Gasteiger partial charge in [-0.25, -0.2) is 19.2 Å². The van der Waals surface area contributed by atoms with Gasteiger partial charge in [0.1, 0.15) is 80.2 Å². The van der Waals surface area contributed by atoms with Gasteiger partial charge in [-0.1, -0.05) is 221 Å². The molecule has 7 aromatic rings. The van der Waals surface area contributed by atoms with Crippen molar-refractivity contribution in [2.75, 3.05) is 20.3 Å². The summed E-state index contributed by atoms with van der Waals surface area (Å²) in [5.41, 5.74) is 23.9. The Balaban J connectivity index is 1.10. The zero-order valence-corrected chi connectivity index (χ0v) is 54.5. The van der Waals surface area contributed by atoms with E-state index in [1.165, 1.54) is 24.3 Å². The number of halogens is 3. The van der Waals surface area contributed by atoms with E-state index in [4.69, 9.17) is 107 Å². The van der Waals surface area contributed by atoms with Gasteiger partial charge in [0.25, 0.3) is 3.79 Å². The maximum Gasteiger partial charge on any atom is 0.338 e. The summed E-state index contributed by atoms with van der Waals surface area (Å²) in [6, 6.07) is 56.5. The number of alkyl halides is 3. The lowest BCUT2D eigenvalue weighted by molar-refractivity contribution is -0.370. The van der Waals surface area contributed by atoms with Gasteiger partial charge in [-0.3, -0.25) is 5.41 Å². The number of nitrogens with one attached hydrogen (secondary N) is 1. The Morgan fingerprint density at radius 2 is 0.806 bits per heavy atom. The van der Waals surface area contributed by atoms with Crippen LogP contribution in [0.2, 0.25) is 0 Å². The highest BCUT2D eigenvalue weighted by Crippen LogP contribution is 2.40. The quantitative estimate of drug-likeness (QED) is 0.00696. The monoisotopic (exact) mass is 1400 g/mol. The predicted octanol–water partition coefficient (Wildman–Crippen LogP) is 12.1. The molecule has 3 fully saturated rings. The van der Waals surface area contributed by atoms with Gasteiger partial charge in [0, 0.05) is 9.82 Å². The van der Waals surface area contributed by atoms with Crippen LogP contribution in [-0.4, -0.2) is 146 Å². The molecule has 28 heteroatoms. The van der Waals surface area contributed by atoms with E-state index in [1.54, 1.807) is 127 Å². The van der Waals surface area contributed by atoms with Crippen LogP contribution in [0.3, 0.4) is 0 Å². The molecular formula is C70H66Cl3N7O18. The number of carbonyl (C=O) groups excluding carboxylic acids is 4. The molecule has 0 aromatic heterocycles. The molecule has 0 spiro atoms. The lowest BCUT2D eigenvalue weighted by Gasteiger charge is -2.50. The second kappa shape index (κ2) is 35.5. The molecule has 3 heterocycles. The van der Waals surface area contributed by atoms with Gasteiger partial charge in [0.05, 0.1) is 50.2 Å². The minimum atomic E-state index is -2.54. The Morgan fingerprint density at radius 3 is 1.23 bits per heavy atom. The van der Waals surface area contributed by atoms with Crippen molar-refractivity contribution in [1.82, 2.24) is 0 Å². The highest BCUT2D eigenvalue weighted by atomic mass is 35.6. The fraction of sp³-hybridized carbons (Fsp3) is 0.329. The van der Waals surface area contributed by atoms with Gasteiger partial charge in [-0.15, -0.1) is 0 Å². The van der Waals surface area contributed by atoms with Crippen molar-refractivity contribution in [1.29, 1.82) is 5.41 Å². The average Bonchev–Trinajstić information content (AvgIpc) is 0.762. The standard InChI is InChI=1S/C70H66Cl3N7O18/c1-85-65(84)60-59(96-66-52(77-79-75)56(87-38-44-25-11-3-12-26-44)54(86-37-43-23-9-2-10-24-43)50(92-66)41-90-62(81)47-31-17-6-18-32-47)58(88-39-45-27-13-4-14-28-45)61(89-40-46-29-15-5-16-30-46)68(97-60)95-55-51(42-91-63(82)48-33-19-7-20-34-48)93-67(98-69(74)70(71,72)73)53(78-80-76)57(55)94-64(83)49-35-21-8-22-36-49/h2-36,50-61,66-68,74H,37-42H2,1H3/t50?,51?,52?,53?,54-,55-,56-,57-,58+,59+,60?,61?,66+,67+,68-/m1/s1. The van der Waals surface area contributed by atoms with Crippen LogP contribution in [0.5, 0.6) is 0 Å². The van der Waals surface area contributed by atoms with Crippen molar-refractivity contribution in [3.63, 3.8) is 0 Å². The van der Waals surface area contributed by atoms with Crippen molar-refractivity contribution < 1.29 is 85.5 Å². The Labute approximate surface area is 577 Å². The molecule has 510 valence electrons. The number of esters is 4. The van der Waals surface area contributed by atoms with Crippen LogP contribution in [-0.2, 0) is 97.5 Å². The fourth-order valence-corrected chi connectivity index (χ4v) is 11.1. The molecule has 15 atom stereocenters. The van der Waals surface area contributed by atoms with Crippen molar-refractivity contribution >= 4 is 64.6 Å². The molecule has 0 saturated carbocycles. The molecule has 0 aliphatic carbocycles. The SMILES string of the molecule is COC(=O)C1O[C@@H](O[C@@H]2C(COC(=O)c3ccccc3)O[C@@H](OC(=N)C(Cl)(Cl)Cl)C(N=[N+]=[N-])[C@H]2OC(=O)c2ccccc2)C(OCc2ccccc2)[C@@H](OCc2ccccc2)[C@@H]1O[C@@H]1OC(COC(=O)c2ccccc2)[C@@H](OCc2ccccc2)[C@H](OCc2ccccc2)C1N=[N+]=[N-]. The first-order chi connectivity index (χ1) is 47.7. The molecular weight excluding hydrogens is 1330 g/mol. The minimum absolute atomic E-state index is 0.00329. The number of benzene rings is 7. The van der Waals surface area contributed by atoms with Gasteiger partial charge < -0.3 is 66.3 Å². The summed E-state index contributed by atoms with van der Waals surface area (Å²) in [7, 11) is 1.08. The van der Waals surface area contributed by atoms with Crippen molar-refractivity contribution in [3.05, 3.63) is 272 Å². The molecule has 3 aliphatic heterocycles. The highest BCUT2D eigenvalue weighted by molar-refractivity contribution is 6.76. The first-order valence-electron chi connectivity index (χ1n) is 30.8. The number of ether oxygens (including phenoxy) is 14. The van der Waals surface area contributed by atoms with E-state index in [2.05, 4.69) is 20.1 Å². The molecule has 3 saturated heterocycles. The van der Waals surface area contributed by atoms with Crippen molar-refractivity contribution in [2.45, 2.75) is 122 Å². The van der Waals surface area contributed by atoms with E-state index in [0.717, 1.165) is 12.7 Å². The van der Waals surface area contributed by atoms with Gasteiger partial charge in [0.2, 0.25) is 12.2 Å². The summed E-state index contributed by atoms with van der Waals surface area (Å²) in [5, 5.41) is 16.8. The Morgan fingerprint density at radius 1 is 0.439 bits per heavy atom. The zero-order valence-electron chi connectivity index (χ0n) is 52.3. The maximum absolute atomic E-state index is 15.0. The normalized spacial score (nSPS) is 25.2. The first kappa shape index (κ1) is 71.8. The Hall–Kier alpha value is -8.98. The molecule has 10 rings (SSSR count). The fourth-order valence-electron chi connectivity index (χ4n) is 11.0. The number of nitrogens with zero attached hydrogens (tertiary/aromatic N) is 6. The number of methoxy groups -OCH3 is 1. The van der Waals surface area contributed by atoms with Crippen LogP contribution in [0, 0.1) is 5.41 Å². The van der Waals surface area contributed by atoms with Crippen molar-refractivity contribution in [3.8, 4) is 0 Å². The van der Waals surface area contributed by atoms with E-state index < -0.39 is 139 Å². The Kier molecular flexibility index (Phi) is 26.0. The molecule has 0 radical (unpaired) electrons. The summed E-state index contributed by atoms with van der Waals surface area (Å²) in [5.74, 6) is -4.72. The lowest BCUT2D eigenvalue weighted by Crippen LogP contribution is -2.68. The van der Waals surface area contributed by atoms with E-state index >= 15 is 0 Å². The number of hydrogen-bond donors (Lipinski definition) is 1. The molecule has 0 bridgehead atoms. The molecule has 25 nitrogen and oxygen atoms in total. The summed E-state index contributed by atoms with van der Waals surface area (Å²) < 4.78 is 88.7. The summed E-state index contributed by atoms with van der Waals surface area (Å²) in [4.78, 5) is 63.5. The third kappa shape index (κ3) is 19.2. The molecule has 98 heavy (non-hydrogen) atoms. The van der Waals surface area contributed by atoms with Gasteiger partial charge in [0.15, 0.2) is 18.7 Å². The number of azide groups is 2. The topological polar surface area (TPSA) is 319 Å². The third-order valence-electron chi connectivity index (χ3n) is 15.8. The number of carbonyl (C=O) groups is 4. The van der Waals surface area contributed by atoms with Crippen LogP contribution in [0.15, 0.2) is 223 Å². The summed E-state index contributed by atoms with van der Waals surface area (Å²) in [6.07, 6.45) is -21.8. The Bertz CT molecular complexity index is 3820. The van der Waals surface area contributed by atoms with Crippen LogP contribution < -0.4 is 0 Å². The molecule has 0 amide bonds. The van der Waals surface area contributed by atoms with Crippen LogP contribution in [0.25, 0.3) is 20.9 Å². The first-order valence-corrected chi connectivity index (χ1v) is 31.9. The van der Waals surface area contributed by atoms with Crippen LogP contribution >= 0.6 is 34.8 Å². The molecule has 7 aromatic carbocycles. The third-order valence-corrected chi connectivity index (χ3v) is 16.3. The van der Waals surface area contributed by atoms with Gasteiger partial charge in [-0.05, 0) is 69.7 Å².